The van der Waals surface area contributed by atoms with Crippen LogP contribution in [-0.4, -0.2) is 31.4 Å². The Kier molecular flexibility index (Phi) is 7.49. The Morgan fingerprint density at radius 2 is 1.91 bits per heavy atom. The number of nitrogens with zero attached hydrogens (tertiary/aromatic N) is 2. The Labute approximate surface area is 219 Å². The van der Waals surface area contributed by atoms with Gasteiger partial charge in [0.25, 0.3) is 5.56 Å². The van der Waals surface area contributed by atoms with Crippen molar-refractivity contribution >= 4 is 50.9 Å². The van der Waals surface area contributed by atoms with Gasteiger partial charge in [0.2, 0.25) is 0 Å². The van der Waals surface area contributed by atoms with Crippen molar-refractivity contribution in [2.45, 2.75) is 19.9 Å². The molecular formula is C25H22BrClN2O5S. The van der Waals surface area contributed by atoms with Crippen molar-refractivity contribution in [2.24, 2.45) is 4.99 Å². The molecule has 1 aliphatic heterocycles. The molecule has 0 saturated heterocycles. The van der Waals surface area contributed by atoms with Gasteiger partial charge in [-0.25, -0.2) is 9.79 Å². The monoisotopic (exact) mass is 576 g/mol. The van der Waals surface area contributed by atoms with Crippen LogP contribution in [0.3, 0.4) is 0 Å². The molecule has 7 nitrogen and oxygen atoms in total. The smallest absolute Gasteiger partial charge is 0.338 e. The predicted octanol–water partition coefficient (Wildman–Crippen LogP) is 4.23. The predicted molar refractivity (Wildman–Crippen MR) is 139 cm³/mol. The highest BCUT2D eigenvalue weighted by Crippen LogP contribution is 2.37. The van der Waals surface area contributed by atoms with Gasteiger partial charge in [-0.05, 0) is 55.8 Å². The lowest BCUT2D eigenvalue weighted by Gasteiger charge is -2.26. The number of methoxy groups -OCH3 is 2. The molecule has 0 saturated carbocycles. The fourth-order valence-electron chi connectivity index (χ4n) is 3.93. The van der Waals surface area contributed by atoms with Crippen LogP contribution in [0.2, 0.25) is 5.02 Å². The second-order valence-electron chi connectivity index (χ2n) is 7.58. The van der Waals surface area contributed by atoms with E-state index in [0.29, 0.717) is 37.1 Å². The SMILES string of the molecule is CCOC(=O)C1=C(C)N=c2s/c(=C\c3ccc(OC)c(Cl)c3)c(=O)n2[C@@H]1c1cc(Br)ccc1OC. The highest BCUT2D eigenvalue weighted by Gasteiger charge is 2.35. The lowest BCUT2D eigenvalue weighted by Crippen LogP contribution is -2.40. The van der Waals surface area contributed by atoms with Crippen molar-refractivity contribution < 1.29 is 19.0 Å². The van der Waals surface area contributed by atoms with Gasteiger partial charge < -0.3 is 14.2 Å². The van der Waals surface area contributed by atoms with Gasteiger partial charge in [0.1, 0.15) is 17.5 Å². The van der Waals surface area contributed by atoms with Gasteiger partial charge in [-0.15, -0.1) is 0 Å². The summed E-state index contributed by atoms with van der Waals surface area (Å²) in [4.78, 5) is 31.8. The van der Waals surface area contributed by atoms with E-state index in [1.165, 1.54) is 15.9 Å². The molecule has 0 amide bonds. The molecule has 0 unspecified atom stereocenters. The lowest BCUT2D eigenvalue weighted by molar-refractivity contribution is -0.139. The number of halogens is 2. The molecule has 2 heterocycles. The van der Waals surface area contributed by atoms with Crippen LogP contribution in [0.5, 0.6) is 11.5 Å². The fraction of sp³-hybridized carbons (Fsp3) is 0.240. The van der Waals surface area contributed by atoms with E-state index in [-0.39, 0.29) is 17.7 Å². The van der Waals surface area contributed by atoms with E-state index in [9.17, 15) is 9.59 Å². The molecule has 0 N–H and O–H groups in total. The molecule has 35 heavy (non-hydrogen) atoms. The van der Waals surface area contributed by atoms with Gasteiger partial charge in [-0.1, -0.05) is 44.9 Å². The molecule has 3 aromatic rings. The van der Waals surface area contributed by atoms with Crippen LogP contribution in [0.25, 0.3) is 6.08 Å². The van der Waals surface area contributed by atoms with Gasteiger partial charge >= 0.3 is 5.97 Å². The van der Waals surface area contributed by atoms with Crippen molar-refractivity contribution in [3.8, 4) is 11.5 Å². The number of hydrogen-bond donors (Lipinski definition) is 0. The average Bonchev–Trinajstić information content (AvgIpc) is 3.12. The van der Waals surface area contributed by atoms with E-state index in [1.807, 2.05) is 18.2 Å². The van der Waals surface area contributed by atoms with Crippen LogP contribution in [-0.2, 0) is 9.53 Å². The summed E-state index contributed by atoms with van der Waals surface area (Å²) >= 11 is 11.0. The van der Waals surface area contributed by atoms with Crippen molar-refractivity contribution in [1.29, 1.82) is 0 Å². The van der Waals surface area contributed by atoms with E-state index in [2.05, 4.69) is 20.9 Å². The van der Waals surface area contributed by atoms with E-state index in [1.54, 1.807) is 52.3 Å². The molecule has 0 aliphatic carbocycles. The summed E-state index contributed by atoms with van der Waals surface area (Å²) < 4.78 is 18.9. The molecular weight excluding hydrogens is 556 g/mol. The maximum atomic E-state index is 13.7. The van der Waals surface area contributed by atoms with E-state index in [0.717, 1.165) is 10.0 Å². The number of rotatable bonds is 6. The molecule has 2 aromatic carbocycles. The summed E-state index contributed by atoms with van der Waals surface area (Å²) in [7, 11) is 3.09. The van der Waals surface area contributed by atoms with Crippen LogP contribution in [0.1, 0.15) is 31.0 Å². The molecule has 1 aliphatic rings. The third-order valence-electron chi connectivity index (χ3n) is 5.48. The van der Waals surface area contributed by atoms with Gasteiger partial charge in [-0.2, -0.15) is 0 Å². The van der Waals surface area contributed by atoms with E-state index in [4.69, 9.17) is 25.8 Å². The number of hydrogen-bond acceptors (Lipinski definition) is 7. The number of carbonyl (C=O) groups excluding carboxylic acids is 1. The third kappa shape index (κ3) is 4.80. The summed E-state index contributed by atoms with van der Waals surface area (Å²) in [6, 6.07) is 9.95. The normalized spacial score (nSPS) is 15.5. The first-order chi connectivity index (χ1) is 16.8. The van der Waals surface area contributed by atoms with Crippen LogP contribution >= 0.6 is 38.9 Å². The quantitative estimate of drug-likeness (QED) is 0.410. The number of allylic oxidation sites excluding steroid dienone is 1. The number of aromatic nitrogens is 1. The standard InChI is InChI=1S/C25H22BrClN2O5S/c1-5-34-24(31)21-13(2)28-25-29(22(21)16-12-15(26)7-9-18(16)32-3)23(30)20(35-25)11-14-6-8-19(33-4)17(27)10-14/h6-12,22H,5H2,1-4H3/b20-11-/t22-/m1/s1. The zero-order valence-electron chi connectivity index (χ0n) is 19.4. The largest absolute Gasteiger partial charge is 0.496 e. The Hall–Kier alpha value is -2.88. The van der Waals surface area contributed by atoms with Crippen LogP contribution in [0.4, 0.5) is 0 Å². The third-order valence-corrected chi connectivity index (χ3v) is 7.25. The molecule has 0 radical (unpaired) electrons. The Balaban J connectivity index is 1.98. The second-order valence-corrected chi connectivity index (χ2v) is 9.91. The van der Waals surface area contributed by atoms with Crippen molar-refractivity contribution in [2.75, 3.05) is 20.8 Å². The van der Waals surface area contributed by atoms with Gasteiger partial charge in [0, 0.05) is 10.0 Å². The number of ether oxygens (including phenoxy) is 3. The van der Waals surface area contributed by atoms with Gasteiger partial charge in [0.15, 0.2) is 4.80 Å². The molecule has 0 bridgehead atoms. The van der Waals surface area contributed by atoms with Gasteiger partial charge in [0.05, 0.1) is 41.7 Å². The maximum absolute atomic E-state index is 13.7. The summed E-state index contributed by atoms with van der Waals surface area (Å²) in [5.74, 6) is 0.546. The van der Waals surface area contributed by atoms with Crippen LogP contribution < -0.4 is 24.4 Å². The zero-order chi connectivity index (χ0) is 25.3. The number of thiazole rings is 1. The molecule has 182 valence electrons. The Morgan fingerprint density at radius 3 is 2.57 bits per heavy atom. The first-order valence-electron chi connectivity index (χ1n) is 10.7. The summed E-state index contributed by atoms with van der Waals surface area (Å²) in [5.41, 5.74) is 1.85. The minimum atomic E-state index is -0.778. The molecule has 1 aromatic heterocycles. The Bertz CT molecular complexity index is 1530. The lowest BCUT2D eigenvalue weighted by atomic mass is 9.95. The summed E-state index contributed by atoms with van der Waals surface area (Å²) in [6.45, 7) is 3.67. The Morgan fingerprint density at radius 1 is 1.20 bits per heavy atom. The first kappa shape index (κ1) is 25.2. The molecule has 1 atom stereocenters. The van der Waals surface area contributed by atoms with Crippen molar-refractivity contribution in [1.82, 2.24) is 4.57 Å². The summed E-state index contributed by atoms with van der Waals surface area (Å²) in [6.07, 6.45) is 1.74. The number of fused-ring (bicyclic) bond motifs is 1. The zero-order valence-corrected chi connectivity index (χ0v) is 22.6. The molecule has 4 rings (SSSR count). The fourth-order valence-corrected chi connectivity index (χ4v) is 5.62. The summed E-state index contributed by atoms with van der Waals surface area (Å²) in [5, 5.41) is 0.436. The maximum Gasteiger partial charge on any atom is 0.338 e. The minimum Gasteiger partial charge on any atom is -0.496 e. The second kappa shape index (κ2) is 10.4. The van der Waals surface area contributed by atoms with Crippen LogP contribution in [0.15, 0.2) is 61.9 Å². The van der Waals surface area contributed by atoms with Gasteiger partial charge in [-0.3, -0.25) is 9.36 Å². The molecule has 0 fully saturated rings. The number of esters is 1. The van der Waals surface area contributed by atoms with Crippen molar-refractivity contribution in [3.05, 3.63) is 88.0 Å². The topological polar surface area (TPSA) is 79.1 Å². The first-order valence-corrected chi connectivity index (χ1v) is 12.6. The van der Waals surface area contributed by atoms with Crippen molar-refractivity contribution in [3.63, 3.8) is 0 Å². The number of benzene rings is 2. The highest BCUT2D eigenvalue weighted by atomic mass is 79.9. The van der Waals surface area contributed by atoms with E-state index >= 15 is 0 Å². The number of carbonyl (C=O) groups is 1. The average molecular weight is 578 g/mol. The minimum absolute atomic E-state index is 0.195. The van der Waals surface area contributed by atoms with E-state index < -0.39 is 12.0 Å². The highest BCUT2D eigenvalue weighted by molar-refractivity contribution is 9.10. The molecule has 10 heteroatoms. The molecule has 0 spiro atoms. The van der Waals surface area contributed by atoms with Crippen LogP contribution in [0, 0.1) is 0 Å².